The Morgan fingerprint density at radius 3 is 1.86 bits per heavy atom. The number of rotatable bonds is 4. The summed E-state index contributed by atoms with van der Waals surface area (Å²) >= 11 is 0. The Morgan fingerprint density at radius 2 is 1.46 bits per heavy atom. The van der Waals surface area contributed by atoms with E-state index in [0.717, 1.165) is 30.8 Å². The summed E-state index contributed by atoms with van der Waals surface area (Å²) < 4.78 is 0. The first-order valence-electron chi connectivity index (χ1n) is 11.0. The third-order valence-corrected chi connectivity index (χ3v) is 4.85. The van der Waals surface area contributed by atoms with Gasteiger partial charge in [-0.1, -0.05) is 36.4 Å². The fraction of sp³-hybridized carbons (Fsp3) is 0.231. The number of aliphatic carboxylic acids is 1. The van der Waals surface area contributed by atoms with Gasteiger partial charge < -0.3 is 20.6 Å². The van der Waals surface area contributed by atoms with Crippen LogP contribution in [0.3, 0.4) is 0 Å². The van der Waals surface area contributed by atoms with Crippen LogP contribution in [0.5, 0.6) is 11.5 Å². The molecule has 4 rings (SSSR count). The monoisotopic (exact) mass is 478 g/mol. The summed E-state index contributed by atoms with van der Waals surface area (Å²) in [5.74, 6) is 0.940. The molecule has 9 heteroatoms. The van der Waals surface area contributed by atoms with Crippen molar-refractivity contribution >= 4 is 35.7 Å². The Labute approximate surface area is 204 Å². The molecule has 184 valence electrons. The number of aromatic hydroxyl groups is 2. The Balaban J connectivity index is 0.000000207. The molecule has 4 N–H and O–H groups in total. The molecule has 2 aromatic carbocycles. The van der Waals surface area contributed by atoms with Gasteiger partial charge in [-0.3, -0.25) is 19.7 Å². The summed E-state index contributed by atoms with van der Waals surface area (Å²) in [5.41, 5.74) is 1.13. The zero-order valence-electron chi connectivity index (χ0n) is 19.8. The number of carboxylic acid groups (broad SMARTS) is 1. The highest BCUT2D eigenvalue weighted by atomic mass is 16.4. The van der Waals surface area contributed by atoms with Crippen LogP contribution in [-0.4, -0.2) is 69.9 Å². The Kier molecular flexibility index (Phi) is 10.7. The molecule has 2 heterocycles. The number of hydrogen-bond donors (Lipinski definition) is 4. The normalized spacial score (nSPS) is 14.4. The summed E-state index contributed by atoms with van der Waals surface area (Å²) in [6.07, 6.45) is 5.40. The minimum Gasteiger partial charge on any atom is -0.507 e. The van der Waals surface area contributed by atoms with E-state index >= 15 is 0 Å². The number of amidine groups is 2. The molecule has 2 aliphatic heterocycles. The van der Waals surface area contributed by atoms with Crippen LogP contribution in [0.25, 0.3) is 12.2 Å². The highest BCUT2D eigenvalue weighted by molar-refractivity contribution is 6.04. The predicted octanol–water partition coefficient (Wildman–Crippen LogP) is 3.16. The number of aliphatic imine (C=N–C) groups is 2. The van der Waals surface area contributed by atoms with E-state index in [1.54, 1.807) is 47.4 Å². The molecule has 2 aliphatic rings. The third kappa shape index (κ3) is 9.55. The van der Waals surface area contributed by atoms with E-state index in [-0.39, 0.29) is 17.4 Å². The lowest BCUT2D eigenvalue weighted by atomic mass is 10.2. The number of phenols is 2. The summed E-state index contributed by atoms with van der Waals surface area (Å²) in [7, 11) is 0. The molecule has 0 spiro atoms. The van der Waals surface area contributed by atoms with E-state index < -0.39 is 5.97 Å². The van der Waals surface area contributed by atoms with Crippen LogP contribution in [-0.2, 0) is 9.59 Å². The highest BCUT2D eigenvalue weighted by Gasteiger charge is 2.17. The van der Waals surface area contributed by atoms with E-state index in [4.69, 9.17) is 5.11 Å². The third-order valence-electron chi connectivity index (χ3n) is 4.85. The first kappa shape index (κ1) is 26.8. The lowest BCUT2D eigenvalue weighted by Gasteiger charge is -2.12. The van der Waals surface area contributed by atoms with Gasteiger partial charge in [-0.15, -0.1) is 0 Å². The number of carboxylic acids is 1. The van der Waals surface area contributed by atoms with E-state index in [0.29, 0.717) is 24.2 Å². The van der Waals surface area contributed by atoms with Crippen molar-refractivity contribution in [2.24, 2.45) is 9.98 Å². The summed E-state index contributed by atoms with van der Waals surface area (Å²) in [6, 6.07) is 13.4. The second-order valence-corrected chi connectivity index (χ2v) is 7.44. The van der Waals surface area contributed by atoms with Gasteiger partial charge >= 0.3 is 5.97 Å². The van der Waals surface area contributed by atoms with Gasteiger partial charge in [0.2, 0.25) is 0 Å². The summed E-state index contributed by atoms with van der Waals surface area (Å²) in [5, 5.41) is 30.1. The van der Waals surface area contributed by atoms with E-state index in [1.165, 1.54) is 18.2 Å². The van der Waals surface area contributed by atoms with Gasteiger partial charge in [-0.25, -0.2) is 4.79 Å². The Hall–Kier alpha value is -4.40. The minimum atomic E-state index is -1.03. The Morgan fingerprint density at radius 1 is 0.886 bits per heavy atom. The van der Waals surface area contributed by atoms with E-state index in [1.807, 2.05) is 19.9 Å². The molecule has 0 fully saturated rings. The first-order valence-corrected chi connectivity index (χ1v) is 11.0. The van der Waals surface area contributed by atoms with Crippen LogP contribution < -0.4 is 5.32 Å². The van der Waals surface area contributed by atoms with Crippen LogP contribution >= 0.6 is 0 Å². The van der Waals surface area contributed by atoms with Gasteiger partial charge in [-0.05, 0) is 38.1 Å². The SMILES string of the molecule is CC1=NCCN1.CC1=NCCN1C(=O)/C=C/c1ccccc1O.O=C(O)/C=C/c1ccccc1O. The number of benzene rings is 2. The molecule has 0 aromatic heterocycles. The number of hydrogen-bond acceptors (Lipinski definition) is 7. The fourth-order valence-corrected chi connectivity index (χ4v) is 3.01. The number of carbonyl (C=O) groups excluding carboxylic acids is 1. The molecular formula is C26H30N4O5. The molecule has 2 aromatic rings. The van der Waals surface area contributed by atoms with Gasteiger partial charge in [0.15, 0.2) is 0 Å². The molecule has 0 bridgehead atoms. The number of nitrogens with zero attached hydrogens (tertiary/aromatic N) is 3. The molecule has 9 nitrogen and oxygen atoms in total. The van der Waals surface area contributed by atoms with Crippen molar-refractivity contribution < 1.29 is 24.9 Å². The second-order valence-electron chi connectivity index (χ2n) is 7.44. The number of amides is 1. The first-order chi connectivity index (χ1) is 16.8. The molecular weight excluding hydrogens is 448 g/mol. The molecule has 0 unspecified atom stereocenters. The van der Waals surface area contributed by atoms with Crippen molar-refractivity contribution in [2.45, 2.75) is 13.8 Å². The molecule has 0 radical (unpaired) electrons. The number of nitrogens with one attached hydrogen (secondary N) is 1. The van der Waals surface area contributed by atoms with Crippen molar-refractivity contribution in [3.63, 3.8) is 0 Å². The van der Waals surface area contributed by atoms with Gasteiger partial charge in [-0.2, -0.15) is 0 Å². The minimum absolute atomic E-state index is 0.0787. The van der Waals surface area contributed by atoms with Gasteiger partial charge in [0.1, 0.15) is 17.3 Å². The van der Waals surface area contributed by atoms with Crippen LogP contribution in [0, 0.1) is 0 Å². The smallest absolute Gasteiger partial charge is 0.328 e. The molecule has 0 saturated carbocycles. The lowest BCUT2D eigenvalue weighted by Crippen LogP contribution is -2.31. The number of carbonyl (C=O) groups is 2. The van der Waals surface area contributed by atoms with Gasteiger partial charge in [0, 0.05) is 36.4 Å². The molecule has 1 amide bonds. The van der Waals surface area contributed by atoms with Gasteiger partial charge in [0.25, 0.3) is 5.91 Å². The summed E-state index contributed by atoms with van der Waals surface area (Å²) in [6.45, 7) is 7.10. The van der Waals surface area contributed by atoms with Crippen molar-refractivity contribution in [1.82, 2.24) is 10.2 Å². The van der Waals surface area contributed by atoms with Crippen molar-refractivity contribution in [3.8, 4) is 11.5 Å². The maximum Gasteiger partial charge on any atom is 0.328 e. The van der Waals surface area contributed by atoms with Crippen LogP contribution in [0.2, 0.25) is 0 Å². The lowest BCUT2D eigenvalue weighted by molar-refractivity contribution is -0.131. The van der Waals surface area contributed by atoms with Crippen LogP contribution in [0.15, 0.2) is 70.7 Å². The van der Waals surface area contributed by atoms with Crippen molar-refractivity contribution in [2.75, 3.05) is 26.2 Å². The predicted molar refractivity (Wildman–Crippen MR) is 138 cm³/mol. The number of phenolic OH excluding ortho intramolecular Hbond substituents is 2. The van der Waals surface area contributed by atoms with Crippen molar-refractivity contribution in [1.29, 1.82) is 0 Å². The van der Waals surface area contributed by atoms with Crippen LogP contribution in [0.1, 0.15) is 25.0 Å². The fourth-order valence-electron chi connectivity index (χ4n) is 3.01. The zero-order valence-corrected chi connectivity index (χ0v) is 19.8. The highest BCUT2D eigenvalue weighted by Crippen LogP contribution is 2.17. The maximum absolute atomic E-state index is 11.8. The zero-order chi connectivity index (χ0) is 25.6. The Bertz CT molecular complexity index is 1140. The number of para-hydroxylation sites is 2. The largest absolute Gasteiger partial charge is 0.507 e. The van der Waals surface area contributed by atoms with Crippen molar-refractivity contribution in [3.05, 3.63) is 71.8 Å². The van der Waals surface area contributed by atoms with Gasteiger partial charge in [0.05, 0.1) is 18.9 Å². The standard InChI is InChI=1S/C13H14N2O2.C9H8O3.C4H8N2/c1-10-14-8-9-15(10)13(17)7-6-11-4-2-3-5-12(11)16;10-8-4-2-1-3-7(8)5-6-9(11)12;1-4-5-2-3-6-4/h2-7,16H,8-9H2,1H3;1-6,10H,(H,11,12);2-3H2,1H3,(H,5,6)/b7-6+;6-5+;. The quantitative estimate of drug-likeness (QED) is 0.499. The molecule has 0 atom stereocenters. The average Bonchev–Trinajstić information content (AvgIpc) is 3.49. The molecule has 0 aliphatic carbocycles. The molecule has 0 saturated heterocycles. The van der Waals surface area contributed by atoms with E-state index in [9.17, 15) is 19.8 Å². The average molecular weight is 479 g/mol. The molecule has 35 heavy (non-hydrogen) atoms. The van der Waals surface area contributed by atoms with Crippen LogP contribution in [0.4, 0.5) is 0 Å². The van der Waals surface area contributed by atoms with E-state index in [2.05, 4.69) is 15.3 Å². The second kappa shape index (κ2) is 14.0. The summed E-state index contributed by atoms with van der Waals surface area (Å²) in [4.78, 5) is 31.7. The maximum atomic E-state index is 11.8. The topological polar surface area (TPSA) is 135 Å².